The van der Waals surface area contributed by atoms with E-state index in [0.717, 1.165) is 19.4 Å². The highest BCUT2D eigenvalue weighted by molar-refractivity contribution is 6.35. The average molecular weight is 361 g/mol. The zero-order chi connectivity index (χ0) is 17.1. The Kier molecular flexibility index (Phi) is 4.89. The highest BCUT2D eigenvalue weighted by atomic mass is 35.5. The van der Waals surface area contributed by atoms with Crippen LogP contribution in [-0.4, -0.2) is 23.5 Å². The van der Waals surface area contributed by atoms with Crippen molar-refractivity contribution in [3.05, 3.63) is 52.1 Å². The van der Waals surface area contributed by atoms with Crippen LogP contribution in [0.5, 0.6) is 0 Å². The summed E-state index contributed by atoms with van der Waals surface area (Å²) in [4.78, 5) is 18.8. The fraction of sp³-hybridized carbons (Fsp3) is 0.235. The summed E-state index contributed by atoms with van der Waals surface area (Å²) in [5, 5.41) is 12.8. The molecule has 0 aliphatic carbocycles. The number of nitrogens with zero attached hydrogens (tertiary/aromatic N) is 3. The highest BCUT2D eigenvalue weighted by Gasteiger charge is 2.31. The van der Waals surface area contributed by atoms with E-state index in [9.17, 15) is 4.79 Å². The predicted molar refractivity (Wildman–Crippen MR) is 94.4 cm³/mol. The monoisotopic (exact) mass is 360 g/mol. The number of benzene rings is 1. The van der Waals surface area contributed by atoms with Crippen LogP contribution in [0.4, 0.5) is 11.5 Å². The minimum Gasteiger partial charge on any atom is -0.345 e. The van der Waals surface area contributed by atoms with E-state index >= 15 is 0 Å². The maximum absolute atomic E-state index is 12.6. The summed E-state index contributed by atoms with van der Waals surface area (Å²) >= 11 is 11.9. The Morgan fingerprint density at radius 3 is 2.75 bits per heavy atom. The lowest BCUT2D eigenvalue weighted by molar-refractivity contribution is -0.117. The summed E-state index contributed by atoms with van der Waals surface area (Å²) in [5.41, 5.74) is 0.892. The second-order valence-corrected chi connectivity index (χ2v) is 6.36. The smallest absolute Gasteiger partial charge is 0.247 e. The van der Waals surface area contributed by atoms with Crippen molar-refractivity contribution in [3.63, 3.8) is 0 Å². The van der Waals surface area contributed by atoms with E-state index in [1.165, 1.54) is 0 Å². The Labute approximate surface area is 149 Å². The summed E-state index contributed by atoms with van der Waals surface area (Å²) in [6, 6.07) is 11.8. The lowest BCUT2D eigenvalue weighted by Crippen LogP contribution is -2.40. The van der Waals surface area contributed by atoms with Crippen LogP contribution in [0.2, 0.25) is 10.0 Å². The van der Waals surface area contributed by atoms with Gasteiger partial charge in [-0.3, -0.25) is 4.79 Å². The number of hydrogen-bond acceptors (Lipinski definition) is 4. The first kappa shape index (κ1) is 16.6. The minimum absolute atomic E-state index is 0.144. The van der Waals surface area contributed by atoms with Gasteiger partial charge in [0.05, 0.1) is 0 Å². The average Bonchev–Trinajstić information content (AvgIpc) is 3.03. The van der Waals surface area contributed by atoms with Crippen molar-refractivity contribution in [1.82, 2.24) is 4.98 Å². The van der Waals surface area contributed by atoms with Gasteiger partial charge in [-0.15, -0.1) is 0 Å². The molecule has 1 saturated heterocycles. The highest BCUT2D eigenvalue weighted by Crippen LogP contribution is 2.27. The van der Waals surface area contributed by atoms with Crippen molar-refractivity contribution in [2.24, 2.45) is 0 Å². The number of carbonyl (C=O) groups is 1. The fourth-order valence-electron chi connectivity index (χ4n) is 2.81. The molecule has 1 fully saturated rings. The first-order valence-corrected chi connectivity index (χ1v) is 8.23. The normalized spacial score (nSPS) is 16.7. The molecule has 0 radical (unpaired) electrons. The number of anilines is 2. The topological polar surface area (TPSA) is 69.0 Å². The second kappa shape index (κ2) is 7.08. The van der Waals surface area contributed by atoms with Gasteiger partial charge in [0.2, 0.25) is 5.91 Å². The molecule has 122 valence electrons. The van der Waals surface area contributed by atoms with E-state index in [0.29, 0.717) is 27.2 Å². The van der Waals surface area contributed by atoms with E-state index in [1.54, 1.807) is 30.3 Å². The number of amides is 1. The molecule has 0 bridgehead atoms. The van der Waals surface area contributed by atoms with E-state index in [2.05, 4.69) is 10.3 Å². The maximum atomic E-state index is 12.6. The molecule has 1 amide bonds. The second-order valence-electron chi connectivity index (χ2n) is 5.49. The molecule has 3 rings (SSSR count). The third-order valence-corrected chi connectivity index (χ3v) is 4.27. The number of hydrogen-bond donors (Lipinski definition) is 1. The van der Waals surface area contributed by atoms with Crippen LogP contribution in [0.15, 0.2) is 36.4 Å². The fourth-order valence-corrected chi connectivity index (χ4v) is 3.34. The standard InChI is InChI=1S/C17H14Cl2N4O/c18-11-7-12(19)9-14(8-11)22-17(24)15-4-2-6-23(15)16-5-1-3-13(10-20)21-16/h1,3,5,7-9,15H,2,4,6H2,(H,22,24). The van der Waals surface area contributed by atoms with Crippen molar-refractivity contribution in [2.75, 3.05) is 16.8 Å². The zero-order valence-corrected chi connectivity index (χ0v) is 14.2. The molecule has 1 aliphatic heterocycles. The Morgan fingerprint density at radius 1 is 1.29 bits per heavy atom. The molecule has 7 heteroatoms. The van der Waals surface area contributed by atoms with Gasteiger partial charge in [0.1, 0.15) is 23.6 Å². The number of pyridine rings is 1. The molecule has 1 atom stereocenters. The van der Waals surface area contributed by atoms with Crippen molar-refractivity contribution in [2.45, 2.75) is 18.9 Å². The van der Waals surface area contributed by atoms with Gasteiger partial charge >= 0.3 is 0 Å². The quantitative estimate of drug-likeness (QED) is 0.901. The van der Waals surface area contributed by atoms with Crippen molar-refractivity contribution in [3.8, 4) is 6.07 Å². The molecule has 2 aromatic rings. The molecule has 1 aliphatic rings. The Hall–Kier alpha value is -2.29. The molecular formula is C17H14Cl2N4O. The summed E-state index contributed by atoms with van der Waals surface area (Å²) in [7, 11) is 0. The molecule has 1 aromatic carbocycles. The third kappa shape index (κ3) is 3.61. The lowest BCUT2D eigenvalue weighted by atomic mass is 10.2. The summed E-state index contributed by atoms with van der Waals surface area (Å²) in [6.45, 7) is 0.719. The molecule has 1 N–H and O–H groups in total. The molecule has 0 spiro atoms. The van der Waals surface area contributed by atoms with Gasteiger partial charge in [-0.25, -0.2) is 4.98 Å². The molecule has 24 heavy (non-hydrogen) atoms. The molecule has 1 unspecified atom stereocenters. The summed E-state index contributed by atoms with van der Waals surface area (Å²) in [5.74, 6) is 0.492. The predicted octanol–water partition coefficient (Wildman–Crippen LogP) is 3.87. The Balaban J connectivity index is 1.79. The molecule has 5 nitrogen and oxygen atoms in total. The van der Waals surface area contributed by atoms with Gasteiger partial charge in [-0.1, -0.05) is 29.3 Å². The van der Waals surface area contributed by atoms with Crippen LogP contribution < -0.4 is 10.2 Å². The van der Waals surface area contributed by atoms with Crippen molar-refractivity contribution < 1.29 is 4.79 Å². The number of nitriles is 1. The number of rotatable bonds is 3. The summed E-state index contributed by atoms with van der Waals surface area (Å²) < 4.78 is 0. The van der Waals surface area contributed by atoms with Gasteiger partial charge < -0.3 is 10.2 Å². The van der Waals surface area contributed by atoms with Crippen LogP contribution in [0.3, 0.4) is 0 Å². The van der Waals surface area contributed by atoms with Gasteiger partial charge in [-0.2, -0.15) is 5.26 Å². The van der Waals surface area contributed by atoms with Crippen molar-refractivity contribution in [1.29, 1.82) is 5.26 Å². The third-order valence-electron chi connectivity index (χ3n) is 3.83. The van der Waals surface area contributed by atoms with Crippen molar-refractivity contribution >= 4 is 40.6 Å². The Morgan fingerprint density at radius 2 is 2.04 bits per heavy atom. The van der Waals surface area contributed by atoms with E-state index < -0.39 is 0 Å². The first-order chi connectivity index (χ1) is 11.6. The summed E-state index contributed by atoms with van der Waals surface area (Å²) in [6.07, 6.45) is 1.60. The SMILES string of the molecule is N#Cc1cccc(N2CCCC2C(=O)Nc2cc(Cl)cc(Cl)c2)n1. The van der Waals surface area contributed by atoms with Gasteiger partial charge in [0.15, 0.2) is 0 Å². The number of carbonyl (C=O) groups excluding carboxylic acids is 1. The number of aromatic nitrogens is 1. The molecule has 0 saturated carbocycles. The number of halogens is 2. The Bertz CT molecular complexity index is 798. The van der Waals surface area contributed by atoms with Gasteiger partial charge in [-0.05, 0) is 43.2 Å². The maximum Gasteiger partial charge on any atom is 0.247 e. The van der Waals surface area contributed by atoms with E-state index in [-0.39, 0.29) is 11.9 Å². The molecule has 2 heterocycles. The van der Waals surface area contributed by atoms with Crippen LogP contribution >= 0.6 is 23.2 Å². The van der Waals surface area contributed by atoms with Gasteiger partial charge in [0.25, 0.3) is 0 Å². The van der Waals surface area contributed by atoms with Crippen LogP contribution in [0, 0.1) is 11.3 Å². The van der Waals surface area contributed by atoms with Crippen LogP contribution in [0.1, 0.15) is 18.5 Å². The minimum atomic E-state index is -0.343. The first-order valence-electron chi connectivity index (χ1n) is 7.47. The lowest BCUT2D eigenvalue weighted by Gasteiger charge is -2.25. The van der Waals surface area contributed by atoms with Crippen LogP contribution in [0.25, 0.3) is 0 Å². The van der Waals surface area contributed by atoms with E-state index in [4.69, 9.17) is 28.5 Å². The number of nitrogens with one attached hydrogen (secondary N) is 1. The van der Waals surface area contributed by atoms with E-state index in [1.807, 2.05) is 17.0 Å². The molecular weight excluding hydrogens is 347 g/mol. The van der Waals surface area contributed by atoms with Crippen LogP contribution in [-0.2, 0) is 4.79 Å². The molecule has 1 aromatic heterocycles. The largest absolute Gasteiger partial charge is 0.345 e. The zero-order valence-electron chi connectivity index (χ0n) is 12.7. The van der Waals surface area contributed by atoms with Gasteiger partial charge in [0, 0.05) is 22.3 Å².